The number of benzene rings is 1. The maximum atomic E-state index is 13.2. The lowest BCUT2D eigenvalue weighted by atomic mass is 9.85. The average Bonchev–Trinajstić information content (AvgIpc) is 2.18. The van der Waals surface area contributed by atoms with E-state index in [2.05, 4.69) is 13.8 Å². The maximum absolute atomic E-state index is 13.2. The van der Waals surface area contributed by atoms with Crippen LogP contribution in [0.15, 0.2) is 18.2 Å². The molecule has 1 nitrogen and oxygen atoms in total. The van der Waals surface area contributed by atoms with Crippen molar-refractivity contribution in [2.45, 2.75) is 33.3 Å². The van der Waals surface area contributed by atoms with E-state index in [1.807, 2.05) is 6.07 Å². The molecule has 0 amide bonds. The highest BCUT2D eigenvalue weighted by Gasteiger charge is 2.19. The van der Waals surface area contributed by atoms with Crippen molar-refractivity contribution in [2.24, 2.45) is 11.8 Å². The Balaban J connectivity index is 2.81. The van der Waals surface area contributed by atoms with Gasteiger partial charge in [-0.3, -0.25) is 0 Å². The molecule has 0 radical (unpaired) electrons. The van der Waals surface area contributed by atoms with Gasteiger partial charge in [0, 0.05) is 0 Å². The first kappa shape index (κ1) is 13.5. The molecule has 16 heavy (non-hydrogen) atoms. The van der Waals surface area contributed by atoms with Crippen LogP contribution in [0, 0.1) is 17.7 Å². The van der Waals surface area contributed by atoms with Crippen molar-refractivity contribution >= 4 is 11.6 Å². The summed E-state index contributed by atoms with van der Waals surface area (Å²) in [7, 11) is 0. The fraction of sp³-hybridized carbons (Fsp3) is 0.538. The van der Waals surface area contributed by atoms with Crippen molar-refractivity contribution in [1.29, 1.82) is 0 Å². The Hall–Kier alpha value is -0.600. The Bertz CT molecular complexity index is 342. The SMILES string of the molecule is CC(C)C(Cc1ccc(Cl)c(F)c1)C(C)O. The number of rotatable bonds is 4. The van der Waals surface area contributed by atoms with E-state index in [0.717, 1.165) is 5.56 Å². The van der Waals surface area contributed by atoms with Gasteiger partial charge in [0.25, 0.3) is 0 Å². The van der Waals surface area contributed by atoms with Crippen LogP contribution in [0.4, 0.5) is 4.39 Å². The van der Waals surface area contributed by atoms with Crippen LogP contribution in [-0.2, 0) is 6.42 Å². The molecule has 1 N–H and O–H groups in total. The number of hydrogen-bond donors (Lipinski definition) is 1. The summed E-state index contributed by atoms with van der Waals surface area (Å²) >= 11 is 5.62. The molecule has 1 aromatic rings. The van der Waals surface area contributed by atoms with E-state index in [1.54, 1.807) is 13.0 Å². The minimum atomic E-state index is -0.396. The second-order valence-electron chi connectivity index (χ2n) is 4.60. The molecule has 0 saturated heterocycles. The van der Waals surface area contributed by atoms with Crippen LogP contribution >= 0.6 is 11.6 Å². The van der Waals surface area contributed by atoms with Crippen molar-refractivity contribution in [2.75, 3.05) is 0 Å². The summed E-state index contributed by atoms with van der Waals surface area (Å²) in [6.45, 7) is 5.89. The Kier molecular flexibility index (Phi) is 4.75. The van der Waals surface area contributed by atoms with Gasteiger partial charge in [-0.05, 0) is 42.9 Å². The van der Waals surface area contributed by atoms with E-state index in [9.17, 15) is 9.50 Å². The van der Waals surface area contributed by atoms with Crippen molar-refractivity contribution in [3.63, 3.8) is 0 Å². The minimum Gasteiger partial charge on any atom is -0.393 e. The van der Waals surface area contributed by atoms with E-state index < -0.39 is 11.9 Å². The van der Waals surface area contributed by atoms with E-state index in [0.29, 0.717) is 12.3 Å². The fourth-order valence-corrected chi connectivity index (χ4v) is 2.02. The molecule has 0 bridgehead atoms. The highest BCUT2D eigenvalue weighted by Crippen LogP contribution is 2.23. The van der Waals surface area contributed by atoms with Crippen LogP contribution in [0.3, 0.4) is 0 Å². The number of hydrogen-bond acceptors (Lipinski definition) is 1. The summed E-state index contributed by atoms with van der Waals surface area (Å²) in [4.78, 5) is 0. The topological polar surface area (TPSA) is 20.2 Å². The average molecular weight is 245 g/mol. The zero-order valence-electron chi connectivity index (χ0n) is 9.87. The van der Waals surface area contributed by atoms with Crippen LogP contribution in [0.1, 0.15) is 26.3 Å². The first-order chi connectivity index (χ1) is 7.41. The van der Waals surface area contributed by atoms with Crippen LogP contribution in [0.2, 0.25) is 5.02 Å². The van der Waals surface area contributed by atoms with E-state index in [4.69, 9.17) is 11.6 Å². The molecule has 0 heterocycles. The summed E-state index contributed by atoms with van der Waals surface area (Å²) < 4.78 is 13.2. The second-order valence-corrected chi connectivity index (χ2v) is 5.01. The zero-order chi connectivity index (χ0) is 12.3. The van der Waals surface area contributed by atoms with E-state index in [-0.39, 0.29) is 10.9 Å². The van der Waals surface area contributed by atoms with Crippen LogP contribution < -0.4 is 0 Å². The maximum Gasteiger partial charge on any atom is 0.142 e. The van der Waals surface area contributed by atoms with Crippen molar-refractivity contribution in [3.05, 3.63) is 34.6 Å². The third-order valence-corrected chi connectivity index (χ3v) is 3.24. The van der Waals surface area contributed by atoms with Crippen LogP contribution in [0.25, 0.3) is 0 Å². The zero-order valence-corrected chi connectivity index (χ0v) is 10.6. The van der Waals surface area contributed by atoms with E-state index in [1.165, 1.54) is 6.07 Å². The molecule has 0 aliphatic rings. The summed E-state index contributed by atoms with van der Waals surface area (Å²) in [6, 6.07) is 4.81. The van der Waals surface area contributed by atoms with Crippen LogP contribution in [-0.4, -0.2) is 11.2 Å². The molecule has 3 heteroatoms. The van der Waals surface area contributed by atoms with Crippen molar-refractivity contribution in [3.8, 4) is 0 Å². The molecule has 1 rings (SSSR count). The number of aliphatic hydroxyl groups is 1. The van der Waals surface area contributed by atoms with E-state index >= 15 is 0 Å². The molecule has 2 unspecified atom stereocenters. The van der Waals surface area contributed by atoms with Crippen molar-refractivity contribution in [1.82, 2.24) is 0 Å². The summed E-state index contributed by atoms with van der Waals surface area (Å²) in [5, 5.41) is 9.79. The molecule has 0 fully saturated rings. The van der Waals surface area contributed by atoms with Gasteiger partial charge in [0.15, 0.2) is 0 Å². The fourth-order valence-electron chi connectivity index (χ4n) is 1.90. The number of halogens is 2. The molecule has 0 spiro atoms. The first-order valence-electron chi connectivity index (χ1n) is 5.53. The molecule has 90 valence electrons. The van der Waals surface area contributed by atoms with Gasteiger partial charge in [0.1, 0.15) is 5.82 Å². The molecule has 1 aromatic carbocycles. The van der Waals surface area contributed by atoms with Gasteiger partial charge >= 0.3 is 0 Å². The van der Waals surface area contributed by atoms with Crippen LogP contribution in [0.5, 0.6) is 0 Å². The van der Waals surface area contributed by atoms with Gasteiger partial charge in [-0.15, -0.1) is 0 Å². The Morgan fingerprint density at radius 2 is 1.94 bits per heavy atom. The molecule has 0 aromatic heterocycles. The molecule has 0 aliphatic carbocycles. The smallest absolute Gasteiger partial charge is 0.142 e. The lowest BCUT2D eigenvalue weighted by Crippen LogP contribution is -2.24. The third kappa shape index (κ3) is 3.46. The predicted molar refractivity (Wildman–Crippen MR) is 65.1 cm³/mol. The standard InChI is InChI=1S/C13H18ClFO/c1-8(2)11(9(3)16)6-10-4-5-12(14)13(15)7-10/h4-5,7-9,11,16H,6H2,1-3H3. The van der Waals surface area contributed by atoms with Crippen molar-refractivity contribution < 1.29 is 9.50 Å². The summed E-state index contributed by atoms with van der Waals surface area (Å²) in [5.74, 6) is 0.103. The third-order valence-electron chi connectivity index (χ3n) is 2.93. The lowest BCUT2D eigenvalue weighted by Gasteiger charge is -2.23. The van der Waals surface area contributed by atoms with Gasteiger partial charge in [-0.2, -0.15) is 0 Å². The molecular formula is C13H18ClFO. The first-order valence-corrected chi connectivity index (χ1v) is 5.91. The van der Waals surface area contributed by atoms with Gasteiger partial charge in [0.2, 0.25) is 0 Å². The Morgan fingerprint density at radius 1 is 1.31 bits per heavy atom. The monoisotopic (exact) mass is 244 g/mol. The molecule has 2 atom stereocenters. The highest BCUT2D eigenvalue weighted by atomic mass is 35.5. The quantitative estimate of drug-likeness (QED) is 0.857. The van der Waals surface area contributed by atoms with Gasteiger partial charge < -0.3 is 5.11 Å². The second kappa shape index (κ2) is 5.65. The van der Waals surface area contributed by atoms with Gasteiger partial charge in [-0.25, -0.2) is 4.39 Å². The lowest BCUT2D eigenvalue weighted by molar-refractivity contribution is 0.0976. The molecule has 0 saturated carbocycles. The minimum absolute atomic E-state index is 0.139. The largest absolute Gasteiger partial charge is 0.393 e. The Labute approximate surface area is 101 Å². The predicted octanol–water partition coefficient (Wildman–Crippen LogP) is 3.67. The number of aliphatic hydroxyl groups excluding tert-OH is 1. The summed E-state index contributed by atoms with van der Waals surface area (Å²) in [6.07, 6.45) is 0.280. The molecule has 0 aliphatic heterocycles. The highest BCUT2D eigenvalue weighted by molar-refractivity contribution is 6.30. The van der Waals surface area contributed by atoms with Gasteiger partial charge in [0.05, 0.1) is 11.1 Å². The molecular weight excluding hydrogens is 227 g/mol. The Morgan fingerprint density at radius 3 is 2.38 bits per heavy atom. The van der Waals surface area contributed by atoms with Gasteiger partial charge in [-0.1, -0.05) is 31.5 Å². The normalized spacial score (nSPS) is 15.2. The summed E-state index contributed by atoms with van der Waals surface area (Å²) in [5.41, 5.74) is 0.876.